The molecule has 1 fully saturated rings. The molecule has 2 N–H and O–H groups in total. The summed E-state index contributed by atoms with van der Waals surface area (Å²) in [5.41, 5.74) is 0.754. The number of hydrogen-bond donors (Lipinski definition) is 2. The number of H-pyrrole nitrogens is 1. The second-order valence-corrected chi connectivity index (χ2v) is 6.12. The van der Waals surface area contributed by atoms with Crippen LogP contribution in [0.5, 0.6) is 0 Å². The molecule has 0 atom stereocenters. The predicted octanol–water partition coefficient (Wildman–Crippen LogP) is 2.87. The first-order chi connectivity index (χ1) is 10.5. The minimum atomic E-state index is -1.24. The predicted molar refractivity (Wildman–Crippen MR) is 85.7 cm³/mol. The van der Waals surface area contributed by atoms with E-state index in [-0.39, 0.29) is 5.56 Å². The van der Waals surface area contributed by atoms with Gasteiger partial charge in [-0.25, -0.2) is 4.79 Å². The van der Waals surface area contributed by atoms with E-state index in [2.05, 4.69) is 9.88 Å². The Kier molecular flexibility index (Phi) is 4.18. The van der Waals surface area contributed by atoms with E-state index in [4.69, 9.17) is 16.7 Å². The number of rotatable bonds is 3. The van der Waals surface area contributed by atoms with Gasteiger partial charge in [-0.05, 0) is 49.7 Å². The van der Waals surface area contributed by atoms with E-state index in [0.29, 0.717) is 22.5 Å². The summed E-state index contributed by atoms with van der Waals surface area (Å²) in [6.45, 7) is 2.77. The molecule has 6 heteroatoms. The number of carbonyl (C=O) groups is 1. The van der Waals surface area contributed by atoms with Gasteiger partial charge in [0.1, 0.15) is 5.56 Å². The van der Waals surface area contributed by atoms with Crippen molar-refractivity contribution in [3.63, 3.8) is 0 Å². The zero-order valence-corrected chi connectivity index (χ0v) is 12.8. The number of hydrogen-bond acceptors (Lipinski definition) is 3. The number of halogens is 1. The summed E-state index contributed by atoms with van der Waals surface area (Å²) in [7, 11) is 0. The highest BCUT2D eigenvalue weighted by atomic mass is 35.5. The van der Waals surface area contributed by atoms with Crippen molar-refractivity contribution >= 4 is 28.5 Å². The third kappa shape index (κ3) is 3.00. The van der Waals surface area contributed by atoms with Gasteiger partial charge in [-0.1, -0.05) is 18.0 Å². The molecule has 0 unspecified atom stereocenters. The molecule has 1 aromatic carbocycles. The number of aromatic amines is 1. The lowest BCUT2D eigenvalue weighted by Gasteiger charge is -2.26. The van der Waals surface area contributed by atoms with Crippen LogP contribution in [0.3, 0.4) is 0 Å². The van der Waals surface area contributed by atoms with E-state index in [1.54, 1.807) is 6.07 Å². The molecule has 0 spiro atoms. The van der Waals surface area contributed by atoms with Crippen molar-refractivity contribution in [1.82, 2.24) is 9.88 Å². The number of nitrogens with zero attached hydrogens (tertiary/aromatic N) is 1. The Morgan fingerprint density at radius 1 is 1.23 bits per heavy atom. The molecule has 0 radical (unpaired) electrons. The molecule has 22 heavy (non-hydrogen) atoms. The zero-order chi connectivity index (χ0) is 15.7. The van der Waals surface area contributed by atoms with Crippen LogP contribution in [0.4, 0.5) is 0 Å². The number of nitrogens with one attached hydrogen (secondary N) is 1. The van der Waals surface area contributed by atoms with Crippen molar-refractivity contribution in [3.05, 3.63) is 44.7 Å². The van der Waals surface area contributed by atoms with Crippen LogP contribution in [0.1, 0.15) is 35.2 Å². The van der Waals surface area contributed by atoms with Gasteiger partial charge in [0.15, 0.2) is 0 Å². The fraction of sp³-hybridized carbons (Fsp3) is 0.375. The summed E-state index contributed by atoms with van der Waals surface area (Å²) in [6, 6.07) is 4.91. The number of likely N-dealkylation sites (tertiary alicyclic amines) is 1. The molecule has 1 aliphatic rings. The van der Waals surface area contributed by atoms with Crippen LogP contribution in [0.25, 0.3) is 10.9 Å². The Morgan fingerprint density at radius 2 is 1.95 bits per heavy atom. The number of piperidine rings is 1. The third-order valence-corrected chi connectivity index (χ3v) is 4.29. The number of aromatic nitrogens is 1. The van der Waals surface area contributed by atoms with Crippen LogP contribution < -0.4 is 5.56 Å². The van der Waals surface area contributed by atoms with E-state index >= 15 is 0 Å². The summed E-state index contributed by atoms with van der Waals surface area (Å²) >= 11 is 6.16. The van der Waals surface area contributed by atoms with Crippen LogP contribution in [0.15, 0.2) is 23.0 Å². The Morgan fingerprint density at radius 3 is 2.64 bits per heavy atom. The minimum absolute atomic E-state index is 0.265. The number of aromatic carboxylic acids is 1. The van der Waals surface area contributed by atoms with Gasteiger partial charge >= 0.3 is 5.97 Å². The maximum Gasteiger partial charge on any atom is 0.341 e. The van der Waals surface area contributed by atoms with Crippen LogP contribution in [-0.2, 0) is 6.54 Å². The molecule has 3 rings (SSSR count). The smallest absolute Gasteiger partial charge is 0.341 e. The largest absolute Gasteiger partial charge is 0.477 e. The zero-order valence-electron chi connectivity index (χ0n) is 12.1. The van der Waals surface area contributed by atoms with Crippen LogP contribution in [0, 0.1) is 0 Å². The van der Waals surface area contributed by atoms with Crippen molar-refractivity contribution in [2.75, 3.05) is 13.1 Å². The molecule has 1 aromatic heterocycles. The molecular weight excluding hydrogens is 304 g/mol. The van der Waals surface area contributed by atoms with E-state index in [0.717, 1.165) is 18.7 Å². The highest BCUT2D eigenvalue weighted by molar-refractivity contribution is 6.31. The second kappa shape index (κ2) is 6.10. The Hall–Kier alpha value is -1.85. The number of carboxylic acids is 1. The average Bonchev–Trinajstić information content (AvgIpc) is 2.48. The summed E-state index contributed by atoms with van der Waals surface area (Å²) in [6.07, 6.45) is 3.61. The minimum Gasteiger partial charge on any atom is -0.477 e. The summed E-state index contributed by atoms with van der Waals surface area (Å²) in [4.78, 5) is 28.0. The van der Waals surface area contributed by atoms with E-state index in [9.17, 15) is 9.59 Å². The van der Waals surface area contributed by atoms with Gasteiger partial charge in [0.05, 0.1) is 5.52 Å². The second-order valence-electron chi connectivity index (χ2n) is 5.68. The Bertz CT molecular complexity index is 779. The van der Waals surface area contributed by atoms with Gasteiger partial charge in [-0.2, -0.15) is 0 Å². The molecule has 5 nitrogen and oxygen atoms in total. The maximum absolute atomic E-state index is 11.9. The molecule has 0 bridgehead atoms. The van der Waals surface area contributed by atoms with Crippen molar-refractivity contribution in [2.24, 2.45) is 0 Å². The maximum atomic E-state index is 11.9. The van der Waals surface area contributed by atoms with Crippen molar-refractivity contribution < 1.29 is 9.90 Å². The quantitative estimate of drug-likeness (QED) is 0.912. The fourth-order valence-corrected chi connectivity index (χ4v) is 3.25. The van der Waals surface area contributed by atoms with E-state index in [1.165, 1.54) is 25.3 Å². The number of carboxylic acid groups (broad SMARTS) is 1. The van der Waals surface area contributed by atoms with Crippen LogP contribution in [0.2, 0.25) is 5.02 Å². The lowest BCUT2D eigenvalue weighted by molar-refractivity contribution is 0.0695. The molecule has 1 aliphatic heterocycles. The summed E-state index contributed by atoms with van der Waals surface area (Å²) in [5, 5.41) is 10.3. The standard InChI is InChI=1S/C16H17ClN2O3/c17-12-6-10-8-13(16(21)22)15(20)18-14(10)11(7-12)9-19-4-2-1-3-5-19/h6-8H,1-5,9H2,(H,18,20)(H,21,22). The topological polar surface area (TPSA) is 73.4 Å². The normalized spacial score (nSPS) is 16.0. The van der Waals surface area contributed by atoms with Crippen LogP contribution in [-0.4, -0.2) is 34.0 Å². The number of fused-ring (bicyclic) bond motifs is 1. The molecule has 2 heterocycles. The molecule has 0 saturated carbocycles. The van der Waals surface area contributed by atoms with Crippen molar-refractivity contribution in [2.45, 2.75) is 25.8 Å². The highest BCUT2D eigenvalue weighted by Crippen LogP contribution is 2.24. The monoisotopic (exact) mass is 320 g/mol. The lowest BCUT2D eigenvalue weighted by Crippen LogP contribution is -2.29. The highest BCUT2D eigenvalue weighted by Gasteiger charge is 2.16. The lowest BCUT2D eigenvalue weighted by atomic mass is 10.1. The first-order valence-corrected chi connectivity index (χ1v) is 7.73. The van der Waals surface area contributed by atoms with Gasteiger partial charge in [-0.15, -0.1) is 0 Å². The molecule has 2 aromatic rings. The van der Waals surface area contributed by atoms with Crippen molar-refractivity contribution in [3.8, 4) is 0 Å². The van der Waals surface area contributed by atoms with Gasteiger partial charge in [-0.3, -0.25) is 9.69 Å². The Balaban J connectivity index is 2.07. The number of benzene rings is 1. The SMILES string of the molecule is O=C(O)c1cc2cc(Cl)cc(CN3CCCCC3)c2[nH]c1=O. The van der Waals surface area contributed by atoms with Crippen LogP contribution >= 0.6 is 11.6 Å². The first-order valence-electron chi connectivity index (χ1n) is 7.36. The molecule has 116 valence electrons. The van der Waals surface area contributed by atoms with Gasteiger partial charge in [0.25, 0.3) is 5.56 Å². The number of pyridine rings is 1. The fourth-order valence-electron chi connectivity index (χ4n) is 3.00. The van der Waals surface area contributed by atoms with Gasteiger partial charge in [0, 0.05) is 17.0 Å². The molecular formula is C16H17ClN2O3. The molecule has 1 saturated heterocycles. The van der Waals surface area contributed by atoms with Crippen molar-refractivity contribution in [1.29, 1.82) is 0 Å². The van der Waals surface area contributed by atoms with E-state index < -0.39 is 11.5 Å². The molecule has 0 amide bonds. The third-order valence-electron chi connectivity index (χ3n) is 4.07. The average molecular weight is 321 g/mol. The van der Waals surface area contributed by atoms with Gasteiger partial charge < -0.3 is 10.1 Å². The summed E-state index contributed by atoms with van der Waals surface area (Å²) < 4.78 is 0. The summed E-state index contributed by atoms with van der Waals surface area (Å²) in [5.74, 6) is -1.24. The van der Waals surface area contributed by atoms with E-state index in [1.807, 2.05) is 6.07 Å². The Labute approximate surface area is 132 Å². The first kappa shape index (κ1) is 15.1. The molecule has 0 aliphatic carbocycles. The van der Waals surface area contributed by atoms with Gasteiger partial charge in [0.2, 0.25) is 0 Å².